The summed E-state index contributed by atoms with van der Waals surface area (Å²) in [6.45, 7) is -1.14. The van der Waals surface area contributed by atoms with Gasteiger partial charge in [-0.05, 0) is 59.5 Å². The van der Waals surface area contributed by atoms with Crippen molar-refractivity contribution in [2.45, 2.75) is 19.1 Å². The van der Waals surface area contributed by atoms with Crippen molar-refractivity contribution in [3.05, 3.63) is 83.4 Å². The number of alkyl halides is 2. The number of hydrogen-bond donors (Lipinski definition) is 1. The fourth-order valence-electron chi connectivity index (χ4n) is 3.57. The third-order valence-electron chi connectivity index (χ3n) is 5.01. The van der Waals surface area contributed by atoms with Gasteiger partial charge in [0.15, 0.2) is 5.54 Å². The van der Waals surface area contributed by atoms with Crippen LogP contribution in [0.3, 0.4) is 0 Å². The molecule has 0 saturated carbocycles. The first-order chi connectivity index (χ1) is 14.4. The van der Waals surface area contributed by atoms with Crippen LogP contribution in [-0.2, 0) is 10.3 Å². The molecule has 2 aromatic carbocycles. The summed E-state index contributed by atoms with van der Waals surface area (Å²) in [6, 6.07) is 15.3. The van der Waals surface area contributed by atoms with Crippen LogP contribution in [0.25, 0.3) is 11.1 Å². The highest BCUT2D eigenvalue weighted by molar-refractivity contribution is 5.76. The molecule has 2 heterocycles. The van der Waals surface area contributed by atoms with Crippen LogP contribution in [0.2, 0.25) is 0 Å². The zero-order chi connectivity index (χ0) is 21.3. The number of halogens is 3. The van der Waals surface area contributed by atoms with Crippen molar-refractivity contribution < 1.29 is 22.6 Å². The molecule has 3 aromatic rings. The van der Waals surface area contributed by atoms with Crippen LogP contribution >= 0.6 is 0 Å². The Morgan fingerprint density at radius 2 is 1.90 bits per heavy atom. The predicted molar refractivity (Wildman–Crippen MR) is 106 cm³/mol. The molecule has 154 valence electrons. The lowest BCUT2D eigenvalue weighted by atomic mass is 9.82. The molecular weight excluding hydrogens is 395 g/mol. The molecule has 0 saturated heterocycles. The van der Waals surface area contributed by atoms with Gasteiger partial charge in [-0.3, -0.25) is 0 Å². The summed E-state index contributed by atoms with van der Waals surface area (Å²) in [5, 5.41) is 0. The van der Waals surface area contributed by atoms with E-state index in [-0.39, 0.29) is 18.4 Å². The average molecular weight is 413 g/mol. The zero-order valence-corrected chi connectivity index (χ0v) is 16.0. The Kier molecular flexibility index (Phi) is 5.07. The van der Waals surface area contributed by atoms with E-state index in [2.05, 4.69) is 14.7 Å². The molecule has 2 N–H and O–H groups in total. The normalized spacial score (nSPS) is 18.2. The van der Waals surface area contributed by atoms with E-state index in [4.69, 9.17) is 10.5 Å². The second-order valence-corrected chi connectivity index (χ2v) is 6.88. The minimum Gasteiger partial charge on any atom is -0.462 e. The number of aromatic nitrogens is 1. The lowest BCUT2D eigenvalue weighted by Gasteiger charge is -2.26. The van der Waals surface area contributed by atoms with Gasteiger partial charge in [-0.1, -0.05) is 24.3 Å². The minimum atomic E-state index is -2.92. The maximum Gasteiger partial charge on any atom is 0.387 e. The lowest BCUT2D eigenvalue weighted by molar-refractivity contribution is -0.0503. The maximum absolute atomic E-state index is 14.2. The maximum atomic E-state index is 14.2. The van der Waals surface area contributed by atoms with Gasteiger partial charge in [0.05, 0.1) is 0 Å². The van der Waals surface area contributed by atoms with Crippen molar-refractivity contribution in [1.29, 1.82) is 0 Å². The number of hydrogen-bond acceptors (Lipinski definition) is 5. The Balaban J connectivity index is 1.83. The molecule has 1 aromatic heterocycles. The van der Waals surface area contributed by atoms with Crippen LogP contribution in [0, 0.1) is 12.9 Å². The Labute approximate surface area is 171 Å². The Bertz CT molecular complexity index is 1120. The van der Waals surface area contributed by atoms with E-state index in [1.807, 2.05) is 6.07 Å². The molecule has 0 bridgehead atoms. The molecular formula is C22H18F3N3O2. The molecule has 0 spiro atoms. The molecule has 1 aliphatic rings. The first kappa shape index (κ1) is 19.8. The van der Waals surface area contributed by atoms with Crippen LogP contribution in [0.15, 0.2) is 65.8 Å². The zero-order valence-electron chi connectivity index (χ0n) is 16.0. The van der Waals surface area contributed by atoms with Crippen molar-refractivity contribution in [3.8, 4) is 16.9 Å². The number of aryl methyl sites for hydroxylation is 1. The Morgan fingerprint density at radius 1 is 1.10 bits per heavy atom. The van der Waals surface area contributed by atoms with Gasteiger partial charge >= 0.3 is 6.61 Å². The second-order valence-electron chi connectivity index (χ2n) is 6.88. The number of rotatable bonds is 5. The first-order valence-corrected chi connectivity index (χ1v) is 9.14. The van der Waals surface area contributed by atoms with E-state index >= 15 is 0 Å². The molecule has 0 fully saturated rings. The summed E-state index contributed by atoms with van der Waals surface area (Å²) in [4.78, 5) is 8.22. The molecule has 1 aliphatic heterocycles. The van der Waals surface area contributed by atoms with Crippen molar-refractivity contribution >= 4 is 6.02 Å². The van der Waals surface area contributed by atoms with Gasteiger partial charge in [0.1, 0.15) is 12.4 Å². The molecule has 0 radical (unpaired) electrons. The van der Waals surface area contributed by atoms with Crippen LogP contribution in [0.5, 0.6) is 5.75 Å². The number of pyridine rings is 1. The SMILES string of the molecule is Cc1cc([C@@]2(c3cccc(-c4cccnc4F)c3)COC(N)=N2)ccc1OC(F)F. The number of nitrogens with two attached hydrogens (primary N) is 1. The van der Waals surface area contributed by atoms with Gasteiger partial charge in [0, 0.05) is 11.8 Å². The summed E-state index contributed by atoms with van der Waals surface area (Å²) >= 11 is 0. The van der Waals surface area contributed by atoms with Crippen LogP contribution < -0.4 is 10.5 Å². The molecule has 4 rings (SSSR count). The number of nitrogens with zero attached hydrogens (tertiary/aromatic N) is 2. The Hall–Kier alpha value is -3.55. The third kappa shape index (κ3) is 3.56. The fraction of sp³-hybridized carbons (Fsp3) is 0.182. The van der Waals surface area contributed by atoms with Crippen molar-refractivity contribution in [2.75, 3.05) is 6.61 Å². The topological polar surface area (TPSA) is 69.7 Å². The highest BCUT2D eigenvalue weighted by Gasteiger charge is 2.40. The first-order valence-electron chi connectivity index (χ1n) is 9.14. The monoisotopic (exact) mass is 413 g/mol. The average Bonchev–Trinajstić information content (AvgIpc) is 3.13. The van der Waals surface area contributed by atoms with E-state index in [0.717, 1.165) is 0 Å². The second kappa shape index (κ2) is 7.70. The lowest BCUT2D eigenvalue weighted by Crippen LogP contribution is -2.27. The number of ether oxygens (including phenoxy) is 2. The van der Waals surface area contributed by atoms with Crippen molar-refractivity contribution in [1.82, 2.24) is 4.98 Å². The summed E-state index contributed by atoms with van der Waals surface area (Å²) in [7, 11) is 0. The quantitative estimate of drug-likeness (QED) is 0.630. The van der Waals surface area contributed by atoms with E-state index in [0.29, 0.717) is 27.8 Å². The fourth-order valence-corrected chi connectivity index (χ4v) is 3.57. The molecule has 30 heavy (non-hydrogen) atoms. The summed E-state index contributed by atoms with van der Waals surface area (Å²) in [5.41, 5.74) is 7.70. The van der Waals surface area contributed by atoms with Gasteiger partial charge in [-0.25, -0.2) is 9.98 Å². The Morgan fingerprint density at radius 3 is 2.57 bits per heavy atom. The van der Waals surface area contributed by atoms with Gasteiger partial charge in [0.2, 0.25) is 5.95 Å². The summed E-state index contributed by atoms with van der Waals surface area (Å²) < 4.78 is 49.4. The molecule has 8 heteroatoms. The van der Waals surface area contributed by atoms with Gasteiger partial charge in [0.25, 0.3) is 6.02 Å². The van der Waals surface area contributed by atoms with Crippen molar-refractivity contribution in [2.24, 2.45) is 10.7 Å². The molecule has 1 atom stereocenters. The van der Waals surface area contributed by atoms with Crippen LogP contribution in [-0.4, -0.2) is 24.2 Å². The standard InChI is InChI=1S/C22H18F3N3O2/c1-13-10-16(7-8-18(13)30-20(24)25)22(12-29-21(26)28-22)15-5-2-4-14(11-15)17-6-3-9-27-19(17)23/h2-11,20H,12H2,1H3,(H2,26,28)/t22-/m0/s1. The van der Waals surface area contributed by atoms with E-state index < -0.39 is 18.1 Å². The molecule has 0 unspecified atom stereocenters. The highest BCUT2D eigenvalue weighted by Crippen LogP contribution is 2.40. The molecule has 0 amide bonds. The summed E-state index contributed by atoms with van der Waals surface area (Å²) in [6.07, 6.45) is 1.38. The van der Waals surface area contributed by atoms with E-state index in [1.54, 1.807) is 49.4 Å². The van der Waals surface area contributed by atoms with Gasteiger partial charge in [-0.2, -0.15) is 13.2 Å². The number of amidine groups is 1. The third-order valence-corrected chi connectivity index (χ3v) is 5.01. The number of aliphatic imine (C=N–C) groups is 1. The number of benzene rings is 2. The molecule has 5 nitrogen and oxygen atoms in total. The highest BCUT2D eigenvalue weighted by atomic mass is 19.3. The minimum absolute atomic E-state index is 0.0125. The van der Waals surface area contributed by atoms with Gasteiger partial charge in [-0.15, -0.1) is 0 Å². The van der Waals surface area contributed by atoms with Crippen molar-refractivity contribution in [3.63, 3.8) is 0 Å². The van der Waals surface area contributed by atoms with E-state index in [1.165, 1.54) is 12.3 Å². The smallest absolute Gasteiger partial charge is 0.387 e. The van der Waals surface area contributed by atoms with Crippen LogP contribution in [0.4, 0.5) is 13.2 Å². The predicted octanol–water partition coefficient (Wildman–Crippen LogP) is 4.39. The van der Waals surface area contributed by atoms with Crippen LogP contribution in [0.1, 0.15) is 16.7 Å². The summed E-state index contributed by atoms with van der Waals surface area (Å²) in [5.74, 6) is -0.510. The van der Waals surface area contributed by atoms with Gasteiger partial charge < -0.3 is 15.2 Å². The largest absolute Gasteiger partial charge is 0.462 e. The molecule has 0 aliphatic carbocycles. The van der Waals surface area contributed by atoms with E-state index in [9.17, 15) is 13.2 Å².